The molecule has 0 aliphatic carbocycles. The summed E-state index contributed by atoms with van der Waals surface area (Å²) in [6, 6.07) is 18.2. The Kier molecular flexibility index (Phi) is 7.69. The number of hydrogen-bond donors (Lipinski definition) is 0. The van der Waals surface area contributed by atoms with Crippen molar-refractivity contribution in [3.63, 3.8) is 0 Å². The molecule has 182 valence electrons. The van der Waals surface area contributed by atoms with E-state index in [1.807, 2.05) is 0 Å². The summed E-state index contributed by atoms with van der Waals surface area (Å²) in [5.74, 6) is 1.49. The lowest BCUT2D eigenvalue weighted by Gasteiger charge is -2.31. The van der Waals surface area contributed by atoms with E-state index < -0.39 is 0 Å². The van der Waals surface area contributed by atoms with Gasteiger partial charge in [-0.15, -0.1) is 0 Å². The largest absolute Gasteiger partial charge is 0.213 e. The second-order valence-electron chi connectivity index (χ2n) is 10.4. The van der Waals surface area contributed by atoms with Crippen LogP contribution in [0, 0.1) is 32.6 Å². The van der Waals surface area contributed by atoms with Gasteiger partial charge in [0, 0.05) is 37.1 Å². The quantitative estimate of drug-likeness (QED) is 0.237. The lowest BCUT2D eigenvalue weighted by atomic mass is 9.77. The van der Waals surface area contributed by atoms with E-state index in [4.69, 9.17) is 6.58 Å². The van der Waals surface area contributed by atoms with Gasteiger partial charge in [0.15, 0.2) is 29.8 Å². The summed E-state index contributed by atoms with van der Waals surface area (Å²) in [5, 5.41) is 0. The molecule has 1 aliphatic heterocycles. The molecule has 0 N–H and O–H groups in total. The summed E-state index contributed by atoms with van der Waals surface area (Å²) >= 11 is 0. The molecule has 0 amide bonds. The van der Waals surface area contributed by atoms with Crippen LogP contribution < -0.4 is 9.13 Å². The normalized spacial score (nSPS) is 18.7. The van der Waals surface area contributed by atoms with Crippen LogP contribution in [0.3, 0.4) is 0 Å². The summed E-state index contributed by atoms with van der Waals surface area (Å²) in [6.07, 6.45) is 12.7. The van der Waals surface area contributed by atoms with Gasteiger partial charge in [-0.25, -0.2) is 0 Å². The Morgan fingerprint density at radius 1 is 1.06 bits per heavy atom. The van der Waals surface area contributed by atoms with Gasteiger partial charge in [-0.2, -0.15) is 9.13 Å². The van der Waals surface area contributed by atoms with Crippen molar-refractivity contribution in [1.29, 1.82) is 0 Å². The van der Waals surface area contributed by atoms with Gasteiger partial charge in [0.05, 0.1) is 5.56 Å². The summed E-state index contributed by atoms with van der Waals surface area (Å²) in [5.41, 5.74) is 9.06. The first-order valence-electron chi connectivity index (χ1n) is 13.3. The second kappa shape index (κ2) is 10.7. The lowest BCUT2D eigenvalue weighted by molar-refractivity contribution is -0.721. The van der Waals surface area contributed by atoms with Crippen molar-refractivity contribution < 1.29 is 9.13 Å². The van der Waals surface area contributed by atoms with Crippen LogP contribution in [-0.4, -0.2) is 0 Å². The molecule has 0 spiro atoms. The zero-order chi connectivity index (χ0) is 25.1. The fraction of sp³-hybridized carbons (Fsp3) is 0.394. The Morgan fingerprint density at radius 2 is 1.80 bits per heavy atom. The summed E-state index contributed by atoms with van der Waals surface area (Å²) < 4.78 is 4.86. The number of allylic oxidation sites excluding steroid dienone is 3. The van der Waals surface area contributed by atoms with Gasteiger partial charge in [0.25, 0.3) is 0 Å². The molecule has 3 heterocycles. The van der Waals surface area contributed by atoms with Gasteiger partial charge >= 0.3 is 0 Å². The molecule has 0 saturated heterocycles. The number of nitrogens with zero attached hydrogens (tertiary/aromatic N) is 2. The van der Waals surface area contributed by atoms with Crippen molar-refractivity contribution >= 4 is 5.70 Å². The fourth-order valence-electron chi connectivity index (χ4n) is 5.89. The molecule has 2 nitrogen and oxygen atoms in total. The van der Waals surface area contributed by atoms with Crippen molar-refractivity contribution in [3.05, 3.63) is 102 Å². The highest BCUT2D eigenvalue weighted by atomic mass is 15.1. The highest BCUT2D eigenvalue weighted by Crippen LogP contribution is 2.44. The SMILES string of the molecule is C=C(C1c2ccccc2-c2cccc[n+]2C1CCC(/C=C\C)C(C)CC)[n+]1cc(C)c(C)cc1C. The van der Waals surface area contributed by atoms with Gasteiger partial charge in [0.2, 0.25) is 5.69 Å². The predicted octanol–water partition coefficient (Wildman–Crippen LogP) is 7.68. The minimum Gasteiger partial charge on any atom is -0.194 e. The van der Waals surface area contributed by atoms with Gasteiger partial charge in [0.1, 0.15) is 5.92 Å². The number of benzene rings is 1. The number of pyridine rings is 2. The van der Waals surface area contributed by atoms with Crippen molar-refractivity contribution in [2.45, 2.75) is 72.8 Å². The summed E-state index contributed by atoms with van der Waals surface area (Å²) in [7, 11) is 0. The van der Waals surface area contributed by atoms with Crippen molar-refractivity contribution in [1.82, 2.24) is 0 Å². The number of aromatic nitrogens is 2. The molecule has 4 unspecified atom stereocenters. The molecule has 0 bridgehead atoms. The van der Waals surface area contributed by atoms with E-state index in [0.29, 0.717) is 17.9 Å². The first-order chi connectivity index (χ1) is 16.9. The highest BCUT2D eigenvalue weighted by molar-refractivity contribution is 5.67. The molecule has 0 fully saturated rings. The smallest absolute Gasteiger partial charge is 0.194 e. The number of fused-ring (bicyclic) bond motifs is 3. The summed E-state index contributed by atoms with van der Waals surface area (Å²) in [4.78, 5) is 0. The van der Waals surface area contributed by atoms with E-state index in [1.165, 1.54) is 46.5 Å². The van der Waals surface area contributed by atoms with Crippen LogP contribution in [-0.2, 0) is 0 Å². The average molecular weight is 467 g/mol. The third-order valence-electron chi connectivity index (χ3n) is 8.23. The van der Waals surface area contributed by atoms with Gasteiger partial charge in [-0.05, 0) is 68.9 Å². The first kappa shape index (κ1) is 25.1. The van der Waals surface area contributed by atoms with Crippen LogP contribution in [0.4, 0.5) is 0 Å². The van der Waals surface area contributed by atoms with Gasteiger partial charge in [-0.3, -0.25) is 0 Å². The maximum absolute atomic E-state index is 4.75. The number of rotatable bonds is 8. The van der Waals surface area contributed by atoms with E-state index in [2.05, 4.69) is 124 Å². The number of hydrogen-bond acceptors (Lipinski definition) is 0. The molecule has 2 heteroatoms. The molecule has 1 aromatic carbocycles. The fourth-order valence-corrected chi connectivity index (χ4v) is 5.89. The molecular weight excluding hydrogens is 424 g/mol. The van der Waals surface area contributed by atoms with E-state index in [0.717, 1.165) is 12.1 Å². The molecule has 4 atom stereocenters. The lowest BCUT2D eigenvalue weighted by Crippen LogP contribution is -2.51. The monoisotopic (exact) mass is 466 g/mol. The highest BCUT2D eigenvalue weighted by Gasteiger charge is 2.45. The van der Waals surface area contributed by atoms with Crippen LogP contribution in [0.2, 0.25) is 0 Å². The maximum atomic E-state index is 4.75. The molecule has 0 saturated carbocycles. The summed E-state index contributed by atoms with van der Waals surface area (Å²) in [6.45, 7) is 18.2. The van der Waals surface area contributed by atoms with Gasteiger partial charge < -0.3 is 0 Å². The molecule has 35 heavy (non-hydrogen) atoms. The van der Waals surface area contributed by atoms with E-state index in [-0.39, 0.29) is 5.92 Å². The van der Waals surface area contributed by atoms with E-state index in [9.17, 15) is 0 Å². The minimum absolute atomic E-state index is 0.208. The predicted molar refractivity (Wildman–Crippen MR) is 147 cm³/mol. The Bertz CT molecular complexity index is 1240. The van der Waals surface area contributed by atoms with E-state index in [1.54, 1.807) is 0 Å². The van der Waals surface area contributed by atoms with E-state index >= 15 is 0 Å². The van der Waals surface area contributed by atoms with Crippen molar-refractivity contribution in [2.24, 2.45) is 11.8 Å². The molecule has 4 rings (SSSR count). The minimum atomic E-state index is 0.208. The molecule has 1 aliphatic rings. The molecule has 0 radical (unpaired) electrons. The Morgan fingerprint density at radius 3 is 2.54 bits per heavy atom. The first-order valence-corrected chi connectivity index (χ1v) is 13.3. The third kappa shape index (κ3) is 4.89. The standard InChI is InChI=1S/C33H42N2/c1-8-14-28(23(3)9-2)18-19-32-33(27(7)35-22-25(5)24(4)21-26(35)6)30-16-11-10-15-29(30)31-17-12-13-20-34(31)32/h8,10-17,20-23,28,32-33H,7,9,18-19H2,1-6H3/q+2/b14-8-. The van der Waals surface area contributed by atoms with Crippen LogP contribution in [0.15, 0.2) is 79.7 Å². The molecular formula is C33H42N2+2. The van der Waals surface area contributed by atoms with Crippen LogP contribution in [0.1, 0.15) is 74.4 Å². The van der Waals surface area contributed by atoms with Crippen LogP contribution >= 0.6 is 0 Å². The second-order valence-corrected chi connectivity index (χ2v) is 10.4. The van der Waals surface area contributed by atoms with Crippen molar-refractivity contribution in [3.8, 4) is 11.3 Å². The Hall–Kier alpha value is -3.00. The third-order valence-corrected chi connectivity index (χ3v) is 8.23. The molecule has 3 aromatic rings. The zero-order valence-electron chi connectivity index (χ0n) is 22.5. The average Bonchev–Trinajstić information content (AvgIpc) is 2.87. The molecule has 2 aromatic heterocycles. The Balaban J connectivity index is 1.83. The zero-order valence-corrected chi connectivity index (χ0v) is 22.5. The maximum Gasteiger partial charge on any atom is 0.213 e. The topological polar surface area (TPSA) is 7.76 Å². The van der Waals surface area contributed by atoms with Crippen molar-refractivity contribution in [2.75, 3.05) is 0 Å². The Labute approximate surface area is 212 Å². The van der Waals surface area contributed by atoms with Crippen LogP contribution in [0.25, 0.3) is 17.0 Å². The van der Waals surface area contributed by atoms with Crippen LogP contribution in [0.5, 0.6) is 0 Å². The number of aryl methyl sites for hydroxylation is 3. The van der Waals surface area contributed by atoms with Gasteiger partial charge in [-0.1, -0.05) is 50.6 Å².